The Morgan fingerprint density at radius 3 is 1.79 bits per heavy atom. The van der Waals surface area contributed by atoms with Gasteiger partial charge in [0.25, 0.3) is 0 Å². The van der Waals surface area contributed by atoms with Crippen LogP contribution >= 0.6 is 0 Å². The van der Waals surface area contributed by atoms with Gasteiger partial charge in [0, 0.05) is 27.7 Å². The van der Waals surface area contributed by atoms with Crippen LogP contribution in [-0.2, 0) is 84.5 Å². The SMILES string of the molecule is CC(=O)OC[C@H]1O[C@@H](O[C@H]2CO[C@]3(COC(C)(C)O3)[C@@H](OCc3ccccc3)[C@@H]2OCc2ccccc2)[C@H](OC(C)=O)[C@@H](OC(C)=O)[C@@H]1OC(C)=O. The molecule has 2 aromatic carbocycles. The third-order valence-electron chi connectivity index (χ3n) is 8.44. The van der Waals surface area contributed by atoms with E-state index in [4.69, 9.17) is 52.1 Å². The molecule has 5 rings (SSSR count). The van der Waals surface area contributed by atoms with Crippen LogP contribution in [0.5, 0.6) is 0 Å². The maximum atomic E-state index is 12.5. The molecular formula is C37H46O15. The van der Waals surface area contributed by atoms with Crippen molar-refractivity contribution in [1.82, 2.24) is 0 Å². The minimum atomic E-state index is -1.49. The van der Waals surface area contributed by atoms with Crippen molar-refractivity contribution in [3.63, 3.8) is 0 Å². The van der Waals surface area contributed by atoms with Crippen molar-refractivity contribution in [2.24, 2.45) is 0 Å². The van der Waals surface area contributed by atoms with Gasteiger partial charge in [-0.2, -0.15) is 0 Å². The molecule has 3 heterocycles. The fourth-order valence-corrected chi connectivity index (χ4v) is 6.34. The Morgan fingerprint density at radius 1 is 0.692 bits per heavy atom. The molecule has 284 valence electrons. The minimum Gasteiger partial charge on any atom is -0.463 e. The standard InChI is InChI=1S/C37H46O15/c1-22(38)42-19-28-30(47-23(2)39)32(48-24(3)40)33(49-25(4)41)35(50-28)51-29-20-45-37(21-46-36(5,6)52-37)34(44-18-27-15-11-8-12-16-27)31(29)43-17-26-13-9-7-10-14-26/h7-16,28-35H,17-21H2,1-6H3/t28-,29+,30-,31-,32+,33-,34+,35+,37+/m1/s1. The molecule has 0 N–H and O–H groups in total. The van der Waals surface area contributed by atoms with Crippen LogP contribution in [0.4, 0.5) is 0 Å². The second-order valence-electron chi connectivity index (χ2n) is 13.1. The van der Waals surface area contributed by atoms with E-state index < -0.39 is 91.1 Å². The first-order chi connectivity index (χ1) is 24.7. The Bertz CT molecular complexity index is 1520. The van der Waals surface area contributed by atoms with Gasteiger partial charge in [-0.25, -0.2) is 0 Å². The average Bonchev–Trinajstić information content (AvgIpc) is 3.40. The van der Waals surface area contributed by atoms with Crippen molar-refractivity contribution in [2.45, 2.75) is 115 Å². The van der Waals surface area contributed by atoms with Crippen LogP contribution in [0.15, 0.2) is 60.7 Å². The molecule has 0 aromatic heterocycles. The van der Waals surface area contributed by atoms with Gasteiger partial charge in [-0.3, -0.25) is 19.2 Å². The summed E-state index contributed by atoms with van der Waals surface area (Å²) in [4.78, 5) is 48.9. The number of hydrogen-bond donors (Lipinski definition) is 0. The quantitative estimate of drug-likeness (QED) is 0.217. The predicted octanol–water partition coefficient (Wildman–Crippen LogP) is 3.13. The zero-order valence-corrected chi connectivity index (χ0v) is 30.1. The normalized spacial score (nSPS) is 31.0. The molecule has 3 saturated heterocycles. The first kappa shape index (κ1) is 39.3. The molecule has 3 fully saturated rings. The van der Waals surface area contributed by atoms with Gasteiger partial charge in [0.05, 0.1) is 19.8 Å². The predicted molar refractivity (Wildman–Crippen MR) is 177 cm³/mol. The van der Waals surface area contributed by atoms with Crippen LogP contribution in [0, 0.1) is 0 Å². The summed E-state index contributed by atoms with van der Waals surface area (Å²) < 4.78 is 66.8. The Kier molecular flexibility index (Phi) is 13.0. The maximum Gasteiger partial charge on any atom is 0.303 e. The molecule has 15 nitrogen and oxygen atoms in total. The van der Waals surface area contributed by atoms with Crippen molar-refractivity contribution < 1.29 is 71.3 Å². The highest BCUT2D eigenvalue weighted by molar-refractivity contribution is 5.68. The molecule has 52 heavy (non-hydrogen) atoms. The number of esters is 4. The van der Waals surface area contributed by atoms with Crippen molar-refractivity contribution in [1.29, 1.82) is 0 Å². The molecule has 0 unspecified atom stereocenters. The molecule has 0 amide bonds. The summed E-state index contributed by atoms with van der Waals surface area (Å²) in [6.45, 7) is 7.90. The summed E-state index contributed by atoms with van der Waals surface area (Å²) in [5.74, 6) is -5.37. The molecule has 0 saturated carbocycles. The molecule has 3 aliphatic heterocycles. The smallest absolute Gasteiger partial charge is 0.303 e. The maximum absolute atomic E-state index is 12.5. The molecule has 0 radical (unpaired) electrons. The van der Waals surface area contributed by atoms with Crippen molar-refractivity contribution in [3.05, 3.63) is 71.8 Å². The average molecular weight is 731 g/mol. The van der Waals surface area contributed by atoms with Crippen LogP contribution in [0.1, 0.15) is 52.7 Å². The highest BCUT2D eigenvalue weighted by Crippen LogP contribution is 2.43. The van der Waals surface area contributed by atoms with E-state index >= 15 is 0 Å². The van der Waals surface area contributed by atoms with Crippen molar-refractivity contribution >= 4 is 23.9 Å². The van der Waals surface area contributed by atoms with E-state index in [1.165, 1.54) is 6.92 Å². The van der Waals surface area contributed by atoms with Crippen LogP contribution in [-0.4, -0.2) is 104 Å². The zero-order chi connectivity index (χ0) is 37.5. The third-order valence-corrected chi connectivity index (χ3v) is 8.44. The highest BCUT2D eigenvalue weighted by atomic mass is 16.9. The Hall–Kier alpha value is -3.96. The molecule has 2 aromatic rings. The largest absolute Gasteiger partial charge is 0.463 e. The van der Waals surface area contributed by atoms with Gasteiger partial charge >= 0.3 is 23.9 Å². The fourth-order valence-electron chi connectivity index (χ4n) is 6.34. The topological polar surface area (TPSA) is 170 Å². The molecule has 15 heteroatoms. The van der Waals surface area contributed by atoms with Gasteiger partial charge in [0.2, 0.25) is 5.79 Å². The van der Waals surface area contributed by atoms with Crippen LogP contribution in [0.25, 0.3) is 0 Å². The highest BCUT2D eigenvalue weighted by Gasteiger charge is 2.61. The number of hydrogen-bond acceptors (Lipinski definition) is 15. The number of carbonyl (C=O) groups excluding carboxylic acids is 4. The second-order valence-corrected chi connectivity index (χ2v) is 13.1. The van der Waals surface area contributed by atoms with E-state index in [2.05, 4.69) is 0 Å². The fraction of sp³-hybridized carbons (Fsp3) is 0.568. The van der Waals surface area contributed by atoms with Crippen LogP contribution in [0.3, 0.4) is 0 Å². The van der Waals surface area contributed by atoms with E-state index in [-0.39, 0.29) is 26.4 Å². The van der Waals surface area contributed by atoms with Crippen LogP contribution in [0.2, 0.25) is 0 Å². The van der Waals surface area contributed by atoms with E-state index in [9.17, 15) is 19.2 Å². The summed E-state index contributed by atoms with van der Waals surface area (Å²) in [7, 11) is 0. The molecule has 1 spiro atoms. The number of benzene rings is 2. The number of carbonyl (C=O) groups is 4. The van der Waals surface area contributed by atoms with Gasteiger partial charge in [0.1, 0.15) is 37.6 Å². The first-order valence-electron chi connectivity index (χ1n) is 17.0. The van der Waals surface area contributed by atoms with Gasteiger partial charge in [-0.05, 0) is 25.0 Å². The molecule has 0 bridgehead atoms. The summed E-state index contributed by atoms with van der Waals surface area (Å²) in [5.41, 5.74) is 1.74. The number of rotatable bonds is 13. The van der Waals surface area contributed by atoms with Gasteiger partial charge < -0.3 is 52.1 Å². The molecule has 0 aliphatic carbocycles. The first-order valence-corrected chi connectivity index (χ1v) is 17.0. The lowest BCUT2D eigenvalue weighted by molar-refractivity contribution is -0.379. The molecule has 9 atom stereocenters. The van der Waals surface area contributed by atoms with Crippen LogP contribution < -0.4 is 0 Å². The van der Waals surface area contributed by atoms with E-state index in [0.29, 0.717) is 0 Å². The van der Waals surface area contributed by atoms with Gasteiger partial charge in [0.15, 0.2) is 30.4 Å². The van der Waals surface area contributed by atoms with Gasteiger partial charge in [-0.15, -0.1) is 0 Å². The monoisotopic (exact) mass is 730 g/mol. The van der Waals surface area contributed by atoms with Crippen molar-refractivity contribution in [3.8, 4) is 0 Å². The lowest BCUT2D eigenvalue weighted by Crippen LogP contribution is -2.67. The Labute approximate surface area is 301 Å². The summed E-state index contributed by atoms with van der Waals surface area (Å²) in [5, 5.41) is 0. The van der Waals surface area contributed by atoms with E-state index in [1.807, 2.05) is 60.7 Å². The summed E-state index contributed by atoms with van der Waals surface area (Å²) in [6, 6.07) is 19.0. The lowest BCUT2D eigenvalue weighted by atomic mass is 9.95. The van der Waals surface area contributed by atoms with E-state index in [1.54, 1.807) is 13.8 Å². The Morgan fingerprint density at radius 2 is 1.25 bits per heavy atom. The summed E-state index contributed by atoms with van der Waals surface area (Å²) in [6.07, 6.45) is -9.83. The lowest BCUT2D eigenvalue weighted by Gasteiger charge is -2.49. The molecule has 3 aliphatic rings. The van der Waals surface area contributed by atoms with Crippen molar-refractivity contribution in [2.75, 3.05) is 19.8 Å². The Balaban J connectivity index is 1.52. The minimum absolute atomic E-state index is 0.0103. The third kappa shape index (κ3) is 10.1. The second kappa shape index (κ2) is 17.2. The number of ether oxygens (including phenoxy) is 11. The molecular weight excluding hydrogens is 684 g/mol. The van der Waals surface area contributed by atoms with E-state index in [0.717, 1.165) is 31.9 Å². The van der Waals surface area contributed by atoms with Gasteiger partial charge in [-0.1, -0.05) is 60.7 Å². The summed E-state index contributed by atoms with van der Waals surface area (Å²) >= 11 is 0. The zero-order valence-electron chi connectivity index (χ0n) is 30.1.